The SMILES string of the molecule is CC(C)NCc1c(OCCF)ccc2ccccc12. The molecule has 0 fully saturated rings. The van der Waals surface area contributed by atoms with Gasteiger partial charge in [0.25, 0.3) is 0 Å². The third kappa shape index (κ3) is 3.44. The first-order chi connectivity index (χ1) is 9.22. The number of fused-ring (bicyclic) bond motifs is 1. The number of hydrogen-bond donors (Lipinski definition) is 1. The summed E-state index contributed by atoms with van der Waals surface area (Å²) in [5.74, 6) is 0.768. The molecule has 0 aromatic heterocycles. The third-order valence-corrected chi connectivity index (χ3v) is 3.02. The normalized spacial score (nSPS) is 11.2. The minimum atomic E-state index is -0.468. The Morgan fingerprint density at radius 1 is 1.16 bits per heavy atom. The van der Waals surface area contributed by atoms with E-state index in [4.69, 9.17) is 4.74 Å². The fourth-order valence-electron chi connectivity index (χ4n) is 2.09. The molecule has 0 atom stereocenters. The molecule has 3 heteroatoms. The number of halogens is 1. The maximum atomic E-state index is 12.3. The van der Waals surface area contributed by atoms with Crippen LogP contribution in [-0.2, 0) is 6.54 Å². The Morgan fingerprint density at radius 2 is 1.95 bits per heavy atom. The molecule has 1 N–H and O–H groups in total. The van der Waals surface area contributed by atoms with E-state index >= 15 is 0 Å². The zero-order valence-corrected chi connectivity index (χ0v) is 11.4. The Morgan fingerprint density at radius 3 is 2.68 bits per heavy atom. The highest BCUT2D eigenvalue weighted by Gasteiger charge is 2.09. The van der Waals surface area contributed by atoms with Crippen molar-refractivity contribution >= 4 is 10.8 Å². The van der Waals surface area contributed by atoms with Crippen molar-refractivity contribution in [2.75, 3.05) is 13.3 Å². The van der Waals surface area contributed by atoms with Crippen LogP contribution in [0.15, 0.2) is 36.4 Å². The molecule has 0 saturated heterocycles. The van der Waals surface area contributed by atoms with Gasteiger partial charge < -0.3 is 10.1 Å². The summed E-state index contributed by atoms with van der Waals surface area (Å²) in [6, 6.07) is 12.5. The summed E-state index contributed by atoms with van der Waals surface area (Å²) in [6.07, 6.45) is 0. The summed E-state index contributed by atoms with van der Waals surface area (Å²) in [4.78, 5) is 0. The molecular formula is C16H20FNO. The van der Waals surface area contributed by atoms with Crippen LogP contribution in [0.3, 0.4) is 0 Å². The van der Waals surface area contributed by atoms with Crippen molar-refractivity contribution in [3.8, 4) is 5.75 Å². The van der Waals surface area contributed by atoms with Crippen LogP contribution in [0.1, 0.15) is 19.4 Å². The van der Waals surface area contributed by atoms with E-state index in [1.165, 1.54) is 5.39 Å². The summed E-state index contributed by atoms with van der Waals surface area (Å²) < 4.78 is 17.8. The third-order valence-electron chi connectivity index (χ3n) is 3.02. The van der Waals surface area contributed by atoms with Gasteiger partial charge >= 0.3 is 0 Å². The van der Waals surface area contributed by atoms with Crippen molar-refractivity contribution in [3.05, 3.63) is 42.0 Å². The molecule has 0 amide bonds. The second kappa shape index (κ2) is 6.53. The second-order valence-corrected chi connectivity index (χ2v) is 4.84. The highest BCUT2D eigenvalue weighted by Crippen LogP contribution is 2.28. The molecule has 0 aliphatic rings. The monoisotopic (exact) mass is 261 g/mol. The van der Waals surface area contributed by atoms with Crippen LogP contribution >= 0.6 is 0 Å². The highest BCUT2D eigenvalue weighted by molar-refractivity contribution is 5.87. The van der Waals surface area contributed by atoms with Crippen molar-refractivity contribution < 1.29 is 9.13 Å². The van der Waals surface area contributed by atoms with E-state index in [-0.39, 0.29) is 6.61 Å². The standard InChI is InChI=1S/C16H20FNO/c1-12(2)18-11-15-14-6-4-3-5-13(14)7-8-16(15)19-10-9-17/h3-8,12,18H,9-11H2,1-2H3. The molecule has 2 nitrogen and oxygen atoms in total. The van der Waals surface area contributed by atoms with Gasteiger partial charge in [-0.2, -0.15) is 0 Å². The van der Waals surface area contributed by atoms with E-state index in [9.17, 15) is 4.39 Å². The summed E-state index contributed by atoms with van der Waals surface area (Å²) in [5.41, 5.74) is 1.10. The van der Waals surface area contributed by atoms with Gasteiger partial charge in [-0.05, 0) is 16.8 Å². The van der Waals surface area contributed by atoms with Crippen molar-refractivity contribution in [1.82, 2.24) is 5.32 Å². The molecule has 0 heterocycles. The maximum absolute atomic E-state index is 12.3. The Hall–Kier alpha value is -1.61. The first kappa shape index (κ1) is 13.8. The summed E-state index contributed by atoms with van der Waals surface area (Å²) in [7, 11) is 0. The molecule has 0 spiro atoms. The van der Waals surface area contributed by atoms with Gasteiger partial charge in [0.05, 0.1) is 0 Å². The molecule has 0 aliphatic heterocycles. The van der Waals surface area contributed by atoms with Crippen molar-refractivity contribution in [2.45, 2.75) is 26.4 Å². The highest BCUT2D eigenvalue weighted by atomic mass is 19.1. The minimum absolute atomic E-state index is 0.104. The average molecular weight is 261 g/mol. The number of nitrogens with one attached hydrogen (secondary N) is 1. The molecular weight excluding hydrogens is 241 g/mol. The number of ether oxygens (including phenoxy) is 1. The zero-order valence-electron chi connectivity index (χ0n) is 11.4. The zero-order chi connectivity index (χ0) is 13.7. The first-order valence-corrected chi connectivity index (χ1v) is 6.65. The topological polar surface area (TPSA) is 21.3 Å². The van der Waals surface area contributed by atoms with Crippen molar-refractivity contribution in [3.63, 3.8) is 0 Å². The molecule has 2 aromatic rings. The summed E-state index contributed by atoms with van der Waals surface area (Å²) >= 11 is 0. The largest absolute Gasteiger partial charge is 0.491 e. The Balaban J connectivity index is 2.39. The molecule has 102 valence electrons. The van der Waals surface area contributed by atoms with Gasteiger partial charge in [0.1, 0.15) is 19.0 Å². The van der Waals surface area contributed by atoms with Crippen LogP contribution in [0.25, 0.3) is 10.8 Å². The van der Waals surface area contributed by atoms with Gasteiger partial charge in [0, 0.05) is 18.2 Å². The number of benzene rings is 2. The van der Waals surface area contributed by atoms with Crippen LogP contribution in [-0.4, -0.2) is 19.3 Å². The van der Waals surface area contributed by atoms with Crippen LogP contribution in [0, 0.1) is 0 Å². The lowest BCUT2D eigenvalue weighted by Crippen LogP contribution is -2.22. The van der Waals surface area contributed by atoms with Gasteiger partial charge in [0.15, 0.2) is 0 Å². The Bertz CT molecular complexity index is 539. The van der Waals surface area contributed by atoms with Gasteiger partial charge in [0.2, 0.25) is 0 Å². The maximum Gasteiger partial charge on any atom is 0.124 e. The molecule has 0 saturated carbocycles. The molecule has 0 unspecified atom stereocenters. The van der Waals surface area contributed by atoms with Crippen molar-refractivity contribution in [2.24, 2.45) is 0 Å². The van der Waals surface area contributed by atoms with Crippen molar-refractivity contribution in [1.29, 1.82) is 0 Å². The number of hydrogen-bond acceptors (Lipinski definition) is 2. The van der Waals surface area contributed by atoms with E-state index in [0.717, 1.165) is 23.2 Å². The number of alkyl halides is 1. The molecule has 19 heavy (non-hydrogen) atoms. The van der Waals surface area contributed by atoms with E-state index < -0.39 is 6.67 Å². The van der Waals surface area contributed by atoms with Crippen LogP contribution < -0.4 is 10.1 Å². The Labute approximate surface area is 113 Å². The molecule has 0 bridgehead atoms. The predicted molar refractivity (Wildman–Crippen MR) is 77.4 cm³/mol. The second-order valence-electron chi connectivity index (χ2n) is 4.84. The minimum Gasteiger partial charge on any atom is -0.491 e. The van der Waals surface area contributed by atoms with Gasteiger partial charge in [-0.15, -0.1) is 0 Å². The van der Waals surface area contributed by atoms with E-state index in [1.54, 1.807) is 0 Å². The molecule has 2 rings (SSSR count). The van der Waals surface area contributed by atoms with Gasteiger partial charge in [-0.3, -0.25) is 0 Å². The average Bonchev–Trinajstić information content (AvgIpc) is 2.42. The smallest absolute Gasteiger partial charge is 0.124 e. The van der Waals surface area contributed by atoms with Gasteiger partial charge in [-0.1, -0.05) is 44.2 Å². The van der Waals surface area contributed by atoms with E-state index in [0.29, 0.717) is 6.04 Å². The lowest BCUT2D eigenvalue weighted by atomic mass is 10.0. The van der Waals surface area contributed by atoms with E-state index in [1.807, 2.05) is 24.3 Å². The first-order valence-electron chi connectivity index (χ1n) is 6.65. The number of rotatable bonds is 6. The molecule has 0 radical (unpaired) electrons. The van der Waals surface area contributed by atoms with Crippen LogP contribution in [0.2, 0.25) is 0 Å². The molecule has 0 aliphatic carbocycles. The van der Waals surface area contributed by atoms with Crippen LogP contribution in [0.5, 0.6) is 5.75 Å². The van der Waals surface area contributed by atoms with E-state index in [2.05, 4.69) is 31.3 Å². The van der Waals surface area contributed by atoms with Gasteiger partial charge in [-0.25, -0.2) is 4.39 Å². The molecule has 2 aromatic carbocycles. The lowest BCUT2D eigenvalue weighted by Gasteiger charge is -2.15. The fraction of sp³-hybridized carbons (Fsp3) is 0.375. The summed E-state index contributed by atoms with van der Waals surface area (Å²) in [6.45, 7) is 4.57. The predicted octanol–water partition coefficient (Wildman–Crippen LogP) is 3.69. The fourth-order valence-corrected chi connectivity index (χ4v) is 2.09. The lowest BCUT2D eigenvalue weighted by molar-refractivity contribution is 0.271. The quantitative estimate of drug-likeness (QED) is 0.856. The Kier molecular flexibility index (Phi) is 4.74. The van der Waals surface area contributed by atoms with Crippen LogP contribution in [0.4, 0.5) is 4.39 Å². The summed E-state index contributed by atoms with van der Waals surface area (Å²) in [5, 5.41) is 5.73.